The van der Waals surface area contributed by atoms with Crippen molar-refractivity contribution in [2.24, 2.45) is 0 Å². The number of hydrogen-bond acceptors (Lipinski definition) is 4. The van der Waals surface area contributed by atoms with Crippen molar-refractivity contribution in [1.82, 2.24) is 15.5 Å². The number of nitrogens with zero attached hydrogens (tertiary/aromatic N) is 1. The van der Waals surface area contributed by atoms with Gasteiger partial charge in [-0.3, -0.25) is 4.79 Å². The van der Waals surface area contributed by atoms with E-state index in [1.54, 1.807) is 0 Å². The summed E-state index contributed by atoms with van der Waals surface area (Å²) in [7, 11) is 0. The molecule has 0 aromatic heterocycles. The van der Waals surface area contributed by atoms with Crippen molar-refractivity contribution in [2.45, 2.75) is 31.7 Å². The fraction of sp³-hybridized carbons (Fsp3) is 0.923. The number of rotatable bonds is 5. The standard InChI is InChI=1S/C13H25N3O2.2ClH/c17-13(10-12-11-18-9-5-14-12)15-4-8-16-6-2-1-3-7-16;;/h12,14H,1-11H2,(H,15,17);2*1H. The number of nitrogens with one attached hydrogen (secondary N) is 2. The fourth-order valence-electron chi connectivity index (χ4n) is 2.58. The third-order valence-electron chi connectivity index (χ3n) is 3.63. The Morgan fingerprint density at radius 2 is 2.00 bits per heavy atom. The summed E-state index contributed by atoms with van der Waals surface area (Å²) >= 11 is 0. The number of piperidine rings is 1. The van der Waals surface area contributed by atoms with Gasteiger partial charge in [0.1, 0.15) is 0 Å². The average molecular weight is 328 g/mol. The Bertz CT molecular complexity index is 258. The second-order valence-electron chi connectivity index (χ2n) is 5.18. The summed E-state index contributed by atoms with van der Waals surface area (Å²) < 4.78 is 5.33. The number of hydrogen-bond donors (Lipinski definition) is 2. The molecule has 1 amide bonds. The lowest BCUT2D eigenvalue weighted by Gasteiger charge is -2.26. The van der Waals surface area contributed by atoms with E-state index in [9.17, 15) is 4.79 Å². The second-order valence-corrected chi connectivity index (χ2v) is 5.18. The molecular weight excluding hydrogens is 301 g/mol. The van der Waals surface area contributed by atoms with Crippen molar-refractivity contribution in [3.05, 3.63) is 0 Å². The van der Waals surface area contributed by atoms with Crippen molar-refractivity contribution in [3.8, 4) is 0 Å². The van der Waals surface area contributed by atoms with Gasteiger partial charge >= 0.3 is 0 Å². The first kappa shape index (κ1) is 19.9. The van der Waals surface area contributed by atoms with Gasteiger partial charge in [-0.15, -0.1) is 24.8 Å². The van der Waals surface area contributed by atoms with Gasteiger partial charge in [0.25, 0.3) is 0 Å². The predicted octanol–water partition coefficient (Wildman–Crippen LogP) is 0.811. The van der Waals surface area contributed by atoms with E-state index in [1.165, 1.54) is 32.4 Å². The van der Waals surface area contributed by atoms with Crippen molar-refractivity contribution in [1.29, 1.82) is 0 Å². The lowest BCUT2D eigenvalue weighted by Crippen LogP contribution is -2.45. The highest BCUT2D eigenvalue weighted by atomic mass is 35.5. The highest BCUT2D eigenvalue weighted by Gasteiger charge is 2.16. The second kappa shape index (κ2) is 11.6. The van der Waals surface area contributed by atoms with Gasteiger partial charge in [0.2, 0.25) is 5.91 Å². The Morgan fingerprint density at radius 3 is 2.65 bits per heavy atom. The number of ether oxygens (including phenoxy) is 1. The van der Waals surface area contributed by atoms with E-state index < -0.39 is 0 Å². The zero-order valence-corrected chi connectivity index (χ0v) is 13.6. The minimum atomic E-state index is 0. The van der Waals surface area contributed by atoms with E-state index >= 15 is 0 Å². The molecule has 2 rings (SSSR count). The molecule has 20 heavy (non-hydrogen) atoms. The fourth-order valence-corrected chi connectivity index (χ4v) is 2.58. The van der Waals surface area contributed by atoms with E-state index in [0.717, 1.165) is 26.2 Å². The van der Waals surface area contributed by atoms with Crippen LogP contribution in [0.1, 0.15) is 25.7 Å². The first-order valence-corrected chi connectivity index (χ1v) is 7.15. The summed E-state index contributed by atoms with van der Waals surface area (Å²) in [6.07, 6.45) is 4.49. The minimum Gasteiger partial charge on any atom is -0.378 e. The van der Waals surface area contributed by atoms with Crippen LogP contribution >= 0.6 is 24.8 Å². The lowest BCUT2D eigenvalue weighted by molar-refractivity contribution is -0.122. The van der Waals surface area contributed by atoms with Gasteiger partial charge in [-0.05, 0) is 25.9 Å². The molecule has 0 aliphatic carbocycles. The molecule has 1 atom stereocenters. The van der Waals surface area contributed by atoms with Gasteiger partial charge in [0.15, 0.2) is 0 Å². The Hall–Kier alpha value is -0.0700. The topological polar surface area (TPSA) is 53.6 Å². The molecule has 2 aliphatic heterocycles. The van der Waals surface area contributed by atoms with Gasteiger partial charge < -0.3 is 20.3 Å². The molecule has 2 N–H and O–H groups in total. The first-order chi connectivity index (χ1) is 8.84. The molecule has 2 heterocycles. The van der Waals surface area contributed by atoms with Gasteiger partial charge in [0, 0.05) is 32.1 Å². The van der Waals surface area contributed by atoms with Crippen LogP contribution in [0.25, 0.3) is 0 Å². The zero-order chi connectivity index (χ0) is 12.6. The summed E-state index contributed by atoms with van der Waals surface area (Å²) in [5.74, 6) is 0.134. The van der Waals surface area contributed by atoms with Crippen LogP contribution in [0.4, 0.5) is 0 Å². The van der Waals surface area contributed by atoms with Gasteiger partial charge in [-0.1, -0.05) is 6.42 Å². The summed E-state index contributed by atoms with van der Waals surface area (Å²) in [4.78, 5) is 14.2. The molecule has 1 unspecified atom stereocenters. The summed E-state index contributed by atoms with van der Waals surface area (Å²) in [6.45, 7) is 6.40. The molecule has 2 saturated heterocycles. The number of likely N-dealkylation sites (tertiary alicyclic amines) is 1. The van der Waals surface area contributed by atoms with Crippen molar-refractivity contribution in [2.75, 3.05) is 45.9 Å². The molecule has 2 aliphatic rings. The van der Waals surface area contributed by atoms with Crippen molar-refractivity contribution < 1.29 is 9.53 Å². The quantitative estimate of drug-likeness (QED) is 0.784. The predicted molar refractivity (Wildman–Crippen MR) is 85.0 cm³/mol. The van der Waals surface area contributed by atoms with Crippen LogP contribution < -0.4 is 10.6 Å². The molecule has 0 radical (unpaired) electrons. The van der Waals surface area contributed by atoms with E-state index in [2.05, 4.69) is 15.5 Å². The molecule has 0 aromatic rings. The normalized spacial score (nSPS) is 23.3. The summed E-state index contributed by atoms with van der Waals surface area (Å²) in [5.41, 5.74) is 0. The Kier molecular flexibility index (Phi) is 11.5. The molecule has 120 valence electrons. The van der Waals surface area contributed by atoms with Crippen LogP contribution in [0.3, 0.4) is 0 Å². The highest BCUT2D eigenvalue weighted by molar-refractivity contribution is 5.85. The molecule has 0 aromatic carbocycles. The van der Waals surface area contributed by atoms with Gasteiger partial charge in [-0.25, -0.2) is 0 Å². The van der Waals surface area contributed by atoms with Crippen LogP contribution in [-0.2, 0) is 9.53 Å². The smallest absolute Gasteiger partial charge is 0.221 e. The Morgan fingerprint density at radius 1 is 1.25 bits per heavy atom. The number of halogens is 2. The van der Waals surface area contributed by atoms with E-state index in [0.29, 0.717) is 13.0 Å². The Labute approximate surface area is 134 Å². The minimum absolute atomic E-state index is 0. The number of carbonyl (C=O) groups excluding carboxylic acids is 1. The first-order valence-electron chi connectivity index (χ1n) is 7.15. The summed E-state index contributed by atoms with van der Waals surface area (Å²) in [5, 5.41) is 6.29. The molecule has 5 nitrogen and oxygen atoms in total. The maximum Gasteiger partial charge on any atom is 0.221 e. The van der Waals surface area contributed by atoms with Crippen LogP contribution in [0.2, 0.25) is 0 Å². The third kappa shape index (κ3) is 7.64. The molecule has 0 bridgehead atoms. The highest BCUT2D eigenvalue weighted by Crippen LogP contribution is 2.07. The van der Waals surface area contributed by atoms with Gasteiger partial charge in [-0.2, -0.15) is 0 Å². The van der Waals surface area contributed by atoms with E-state index in [-0.39, 0.29) is 36.8 Å². The number of amides is 1. The zero-order valence-electron chi connectivity index (χ0n) is 11.9. The SMILES string of the molecule is Cl.Cl.O=C(CC1COCCN1)NCCN1CCCCC1. The van der Waals surface area contributed by atoms with E-state index in [1.807, 2.05) is 0 Å². The molecular formula is C13H27Cl2N3O2. The average Bonchev–Trinajstić information content (AvgIpc) is 2.41. The number of morpholine rings is 1. The van der Waals surface area contributed by atoms with Crippen molar-refractivity contribution >= 4 is 30.7 Å². The van der Waals surface area contributed by atoms with Crippen molar-refractivity contribution in [3.63, 3.8) is 0 Å². The maximum atomic E-state index is 11.7. The monoisotopic (exact) mass is 327 g/mol. The maximum absolute atomic E-state index is 11.7. The number of carbonyl (C=O) groups is 1. The van der Waals surface area contributed by atoms with E-state index in [4.69, 9.17) is 4.74 Å². The third-order valence-corrected chi connectivity index (χ3v) is 3.63. The molecule has 0 spiro atoms. The Balaban J connectivity index is 0.00000180. The van der Waals surface area contributed by atoms with Crippen LogP contribution in [0, 0.1) is 0 Å². The largest absolute Gasteiger partial charge is 0.378 e. The molecule has 2 fully saturated rings. The van der Waals surface area contributed by atoms with Crippen LogP contribution in [0.5, 0.6) is 0 Å². The van der Waals surface area contributed by atoms with Gasteiger partial charge in [0.05, 0.1) is 13.2 Å². The molecule has 0 saturated carbocycles. The van der Waals surface area contributed by atoms with Crippen LogP contribution in [0.15, 0.2) is 0 Å². The summed E-state index contributed by atoms with van der Waals surface area (Å²) in [6, 6.07) is 0.189. The lowest BCUT2D eigenvalue weighted by atomic mass is 10.1. The van der Waals surface area contributed by atoms with Crippen LogP contribution in [-0.4, -0.2) is 62.8 Å². The molecule has 7 heteroatoms.